The lowest BCUT2D eigenvalue weighted by molar-refractivity contribution is 0.216. The molecule has 0 aliphatic carbocycles. The monoisotopic (exact) mass is 239 g/mol. The Morgan fingerprint density at radius 1 is 1.22 bits per heavy atom. The van der Waals surface area contributed by atoms with Crippen molar-refractivity contribution in [3.05, 3.63) is 60.3 Å². The topological polar surface area (TPSA) is 50.9 Å². The van der Waals surface area contributed by atoms with Crippen LogP contribution in [0.2, 0.25) is 0 Å². The average molecular weight is 239 g/mol. The molecule has 0 amide bonds. The van der Waals surface area contributed by atoms with E-state index in [0.29, 0.717) is 5.69 Å². The first-order valence-electron chi connectivity index (χ1n) is 5.74. The molecule has 1 unspecified atom stereocenters. The lowest BCUT2D eigenvalue weighted by Gasteiger charge is -2.08. The minimum Gasteiger partial charge on any atom is -0.382 e. The number of aliphatic hydroxyl groups excluding tert-OH is 1. The fourth-order valence-corrected chi connectivity index (χ4v) is 2.00. The Kier molecular flexibility index (Phi) is 2.57. The first-order valence-corrected chi connectivity index (χ1v) is 5.74. The summed E-state index contributed by atoms with van der Waals surface area (Å²) >= 11 is 0. The second-order valence-electron chi connectivity index (χ2n) is 4.32. The minimum atomic E-state index is -0.711. The third-order valence-corrected chi connectivity index (χ3v) is 2.95. The van der Waals surface area contributed by atoms with Crippen molar-refractivity contribution in [3.63, 3.8) is 0 Å². The molecule has 0 aliphatic heterocycles. The van der Waals surface area contributed by atoms with Gasteiger partial charge in [-0.1, -0.05) is 18.2 Å². The molecule has 0 saturated carbocycles. The summed E-state index contributed by atoms with van der Waals surface area (Å²) in [5.41, 5.74) is 2.33. The number of rotatable bonds is 2. The number of hydrogen-bond donors (Lipinski definition) is 1. The van der Waals surface area contributed by atoms with E-state index in [1.165, 1.54) is 0 Å². The number of fused-ring (bicyclic) bond motifs is 1. The summed E-state index contributed by atoms with van der Waals surface area (Å²) < 4.78 is 1.82. The molecular weight excluding hydrogens is 226 g/mol. The van der Waals surface area contributed by atoms with Gasteiger partial charge in [0.05, 0.1) is 17.5 Å². The molecule has 2 aromatic heterocycles. The van der Waals surface area contributed by atoms with E-state index in [1.54, 1.807) is 12.5 Å². The number of hydrogen-bond acceptors (Lipinski definition) is 3. The zero-order valence-electron chi connectivity index (χ0n) is 9.99. The van der Waals surface area contributed by atoms with E-state index in [9.17, 15) is 5.11 Å². The zero-order valence-corrected chi connectivity index (χ0v) is 9.99. The second kappa shape index (κ2) is 4.23. The standard InChI is InChI=1S/C14H13N3O/c1-17-8-13(16-9-17)14(18)11-5-4-10-3-2-6-15-12(10)7-11/h2-9,14,18H,1H3. The Labute approximate surface area is 105 Å². The van der Waals surface area contributed by atoms with Crippen molar-refractivity contribution in [2.24, 2.45) is 7.05 Å². The van der Waals surface area contributed by atoms with Crippen molar-refractivity contribution in [1.29, 1.82) is 0 Å². The first kappa shape index (κ1) is 10.9. The molecular formula is C14H13N3O. The van der Waals surface area contributed by atoms with Gasteiger partial charge < -0.3 is 9.67 Å². The summed E-state index contributed by atoms with van der Waals surface area (Å²) in [5, 5.41) is 11.3. The van der Waals surface area contributed by atoms with Crippen LogP contribution in [0.25, 0.3) is 10.9 Å². The van der Waals surface area contributed by atoms with Crippen molar-refractivity contribution in [3.8, 4) is 0 Å². The number of aryl methyl sites for hydroxylation is 1. The maximum Gasteiger partial charge on any atom is 0.123 e. The Balaban J connectivity index is 2.03. The minimum absolute atomic E-state index is 0.646. The van der Waals surface area contributed by atoms with E-state index < -0.39 is 6.10 Å². The summed E-state index contributed by atoms with van der Waals surface area (Å²) in [7, 11) is 1.88. The summed E-state index contributed by atoms with van der Waals surface area (Å²) in [6.07, 6.45) is 4.53. The van der Waals surface area contributed by atoms with Crippen LogP contribution in [0.4, 0.5) is 0 Å². The predicted molar refractivity (Wildman–Crippen MR) is 69.0 cm³/mol. The molecule has 4 heteroatoms. The Morgan fingerprint density at radius 3 is 2.89 bits per heavy atom. The molecule has 0 bridgehead atoms. The van der Waals surface area contributed by atoms with E-state index in [2.05, 4.69) is 9.97 Å². The summed E-state index contributed by atoms with van der Waals surface area (Å²) in [4.78, 5) is 8.45. The molecule has 3 rings (SSSR count). The van der Waals surface area contributed by atoms with Crippen LogP contribution in [0.15, 0.2) is 49.1 Å². The van der Waals surface area contributed by atoms with Crippen molar-refractivity contribution in [2.75, 3.05) is 0 Å². The molecule has 90 valence electrons. The van der Waals surface area contributed by atoms with Gasteiger partial charge >= 0.3 is 0 Å². The number of pyridine rings is 1. The van der Waals surface area contributed by atoms with Gasteiger partial charge in [0.2, 0.25) is 0 Å². The number of aliphatic hydroxyl groups is 1. The van der Waals surface area contributed by atoms with Gasteiger partial charge in [-0.05, 0) is 17.7 Å². The quantitative estimate of drug-likeness (QED) is 0.744. The normalized spacial score (nSPS) is 12.8. The Bertz CT molecular complexity index is 690. The van der Waals surface area contributed by atoms with Crippen LogP contribution in [-0.4, -0.2) is 19.6 Å². The highest BCUT2D eigenvalue weighted by Gasteiger charge is 2.13. The molecule has 4 nitrogen and oxygen atoms in total. The Morgan fingerprint density at radius 2 is 2.11 bits per heavy atom. The summed E-state index contributed by atoms with van der Waals surface area (Å²) in [6, 6.07) is 9.66. The van der Waals surface area contributed by atoms with Gasteiger partial charge in [0.1, 0.15) is 6.10 Å². The van der Waals surface area contributed by atoms with Crippen molar-refractivity contribution >= 4 is 10.9 Å². The molecule has 0 spiro atoms. The van der Waals surface area contributed by atoms with Crippen LogP contribution >= 0.6 is 0 Å². The van der Waals surface area contributed by atoms with Crippen molar-refractivity contribution in [1.82, 2.24) is 14.5 Å². The average Bonchev–Trinajstić information content (AvgIpc) is 2.84. The smallest absolute Gasteiger partial charge is 0.123 e. The van der Waals surface area contributed by atoms with E-state index in [4.69, 9.17) is 0 Å². The van der Waals surface area contributed by atoms with Crippen LogP contribution in [0, 0.1) is 0 Å². The van der Waals surface area contributed by atoms with Gasteiger partial charge in [-0.25, -0.2) is 4.98 Å². The first-order chi connectivity index (χ1) is 8.74. The third-order valence-electron chi connectivity index (χ3n) is 2.95. The molecule has 0 aliphatic rings. The predicted octanol–water partition coefficient (Wildman–Crippen LogP) is 2.05. The fraction of sp³-hybridized carbons (Fsp3) is 0.143. The molecule has 1 N–H and O–H groups in total. The molecule has 1 aromatic carbocycles. The molecule has 1 atom stereocenters. The number of aromatic nitrogens is 3. The fourth-order valence-electron chi connectivity index (χ4n) is 2.00. The molecule has 2 heterocycles. The highest BCUT2D eigenvalue weighted by Crippen LogP contribution is 2.23. The molecule has 18 heavy (non-hydrogen) atoms. The van der Waals surface area contributed by atoms with E-state index in [0.717, 1.165) is 16.5 Å². The van der Waals surface area contributed by atoms with Gasteiger partial charge in [-0.15, -0.1) is 0 Å². The number of imidazole rings is 1. The van der Waals surface area contributed by atoms with Crippen LogP contribution < -0.4 is 0 Å². The van der Waals surface area contributed by atoms with Gasteiger partial charge in [-0.3, -0.25) is 4.98 Å². The van der Waals surface area contributed by atoms with Crippen molar-refractivity contribution < 1.29 is 5.11 Å². The zero-order chi connectivity index (χ0) is 12.5. The SMILES string of the molecule is Cn1cnc(C(O)c2ccc3cccnc3c2)c1. The van der Waals surface area contributed by atoms with Gasteiger partial charge in [-0.2, -0.15) is 0 Å². The molecule has 0 radical (unpaired) electrons. The van der Waals surface area contributed by atoms with Gasteiger partial charge in [0.25, 0.3) is 0 Å². The van der Waals surface area contributed by atoms with Gasteiger partial charge in [0, 0.05) is 24.8 Å². The summed E-state index contributed by atoms with van der Waals surface area (Å²) in [6.45, 7) is 0. The van der Waals surface area contributed by atoms with Crippen LogP contribution in [-0.2, 0) is 7.05 Å². The molecule has 3 aromatic rings. The largest absolute Gasteiger partial charge is 0.382 e. The second-order valence-corrected chi connectivity index (χ2v) is 4.32. The number of benzene rings is 1. The van der Waals surface area contributed by atoms with Gasteiger partial charge in [0.15, 0.2) is 0 Å². The lowest BCUT2D eigenvalue weighted by Crippen LogP contribution is -2.00. The number of nitrogens with zero attached hydrogens (tertiary/aromatic N) is 3. The maximum absolute atomic E-state index is 10.3. The van der Waals surface area contributed by atoms with E-state index in [1.807, 2.05) is 48.1 Å². The van der Waals surface area contributed by atoms with Crippen LogP contribution in [0.1, 0.15) is 17.4 Å². The summed E-state index contributed by atoms with van der Waals surface area (Å²) in [5.74, 6) is 0. The lowest BCUT2D eigenvalue weighted by atomic mass is 10.0. The van der Waals surface area contributed by atoms with E-state index in [-0.39, 0.29) is 0 Å². The molecule has 0 fully saturated rings. The highest BCUT2D eigenvalue weighted by molar-refractivity contribution is 5.79. The maximum atomic E-state index is 10.3. The van der Waals surface area contributed by atoms with Crippen LogP contribution in [0.3, 0.4) is 0 Å². The van der Waals surface area contributed by atoms with Crippen LogP contribution in [0.5, 0.6) is 0 Å². The van der Waals surface area contributed by atoms with E-state index >= 15 is 0 Å². The molecule has 0 saturated heterocycles. The van der Waals surface area contributed by atoms with Crippen molar-refractivity contribution in [2.45, 2.75) is 6.10 Å². The Hall–Kier alpha value is -2.20. The third kappa shape index (κ3) is 1.87. The highest BCUT2D eigenvalue weighted by atomic mass is 16.3.